The van der Waals surface area contributed by atoms with E-state index in [1.807, 2.05) is 0 Å². The number of carboxylic acid groups (broad SMARTS) is 1. The number of piperidine rings is 1. The first-order valence-electron chi connectivity index (χ1n) is 6.72. The van der Waals surface area contributed by atoms with Gasteiger partial charge in [-0.25, -0.2) is 4.79 Å². The molecular weight excluding hydrogens is 238 g/mol. The predicted octanol–water partition coefficient (Wildman–Crippen LogP) is 3.22. The van der Waals surface area contributed by atoms with Crippen LogP contribution in [0.2, 0.25) is 0 Å². The Labute approximate surface area is 114 Å². The summed E-state index contributed by atoms with van der Waals surface area (Å²) >= 11 is 0. The van der Waals surface area contributed by atoms with Crippen molar-refractivity contribution < 1.29 is 9.90 Å². The largest absolute Gasteiger partial charge is 0.478 e. The van der Waals surface area contributed by atoms with Gasteiger partial charge in [0.2, 0.25) is 0 Å². The quantitative estimate of drug-likeness (QED) is 0.829. The molecule has 0 saturated carbocycles. The van der Waals surface area contributed by atoms with E-state index in [-0.39, 0.29) is 0 Å². The SMILES string of the molecule is Cc1cc(C)c(N2CCC(=CC(=O)O)CC2)c(C)c1. The average molecular weight is 259 g/mol. The van der Waals surface area contributed by atoms with Crippen molar-refractivity contribution in [3.05, 3.63) is 40.5 Å². The molecule has 0 unspecified atom stereocenters. The lowest BCUT2D eigenvalue weighted by atomic mass is 9.99. The van der Waals surface area contributed by atoms with E-state index < -0.39 is 5.97 Å². The van der Waals surface area contributed by atoms with E-state index in [0.29, 0.717) is 0 Å². The molecule has 19 heavy (non-hydrogen) atoms. The maximum Gasteiger partial charge on any atom is 0.328 e. The number of carboxylic acids is 1. The summed E-state index contributed by atoms with van der Waals surface area (Å²) < 4.78 is 0. The number of rotatable bonds is 2. The van der Waals surface area contributed by atoms with Gasteiger partial charge < -0.3 is 10.0 Å². The number of aryl methyl sites for hydroxylation is 3. The second kappa shape index (κ2) is 5.47. The van der Waals surface area contributed by atoms with Crippen LogP contribution >= 0.6 is 0 Å². The lowest BCUT2D eigenvalue weighted by Crippen LogP contribution is -2.32. The Balaban J connectivity index is 2.16. The van der Waals surface area contributed by atoms with E-state index in [4.69, 9.17) is 5.11 Å². The molecule has 2 rings (SSSR count). The van der Waals surface area contributed by atoms with Gasteiger partial charge in [-0.1, -0.05) is 23.3 Å². The van der Waals surface area contributed by atoms with Crippen molar-refractivity contribution in [3.63, 3.8) is 0 Å². The molecule has 3 nitrogen and oxygen atoms in total. The van der Waals surface area contributed by atoms with Crippen molar-refractivity contribution in [2.45, 2.75) is 33.6 Å². The van der Waals surface area contributed by atoms with Gasteiger partial charge in [0.15, 0.2) is 0 Å². The summed E-state index contributed by atoms with van der Waals surface area (Å²) in [6.07, 6.45) is 3.06. The number of anilines is 1. The Kier molecular flexibility index (Phi) is 3.93. The molecule has 1 N–H and O–H groups in total. The number of hydrogen-bond acceptors (Lipinski definition) is 2. The van der Waals surface area contributed by atoms with Gasteiger partial charge in [0.1, 0.15) is 0 Å². The molecule has 0 aromatic heterocycles. The normalized spacial score (nSPS) is 15.5. The summed E-state index contributed by atoms with van der Waals surface area (Å²) in [7, 11) is 0. The van der Waals surface area contributed by atoms with Crippen LogP contribution in [-0.4, -0.2) is 24.2 Å². The number of aliphatic carboxylic acids is 1. The van der Waals surface area contributed by atoms with Crippen LogP contribution < -0.4 is 4.90 Å². The minimum absolute atomic E-state index is 0.828. The van der Waals surface area contributed by atoms with Gasteiger partial charge in [-0.15, -0.1) is 0 Å². The van der Waals surface area contributed by atoms with Crippen molar-refractivity contribution in [2.24, 2.45) is 0 Å². The summed E-state index contributed by atoms with van der Waals surface area (Å²) in [5, 5.41) is 8.78. The van der Waals surface area contributed by atoms with Crippen molar-refractivity contribution in [3.8, 4) is 0 Å². The monoisotopic (exact) mass is 259 g/mol. The average Bonchev–Trinajstić information content (AvgIpc) is 2.29. The van der Waals surface area contributed by atoms with Crippen LogP contribution in [-0.2, 0) is 4.79 Å². The van der Waals surface area contributed by atoms with E-state index >= 15 is 0 Å². The summed E-state index contributed by atoms with van der Waals surface area (Å²) in [4.78, 5) is 13.1. The van der Waals surface area contributed by atoms with Crippen LogP contribution in [0.15, 0.2) is 23.8 Å². The highest BCUT2D eigenvalue weighted by molar-refractivity contribution is 5.80. The molecule has 0 spiro atoms. The molecule has 3 heteroatoms. The molecule has 0 aliphatic carbocycles. The molecule has 1 aromatic carbocycles. The van der Waals surface area contributed by atoms with Gasteiger partial charge in [-0.2, -0.15) is 0 Å². The number of benzene rings is 1. The first-order valence-corrected chi connectivity index (χ1v) is 6.72. The minimum Gasteiger partial charge on any atom is -0.478 e. The second-order valence-electron chi connectivity index (χ2n) is 5.38. The first kappa shape index (κ1) is 13.7. The van der Waals surface area contributed by atoms with E-state index in [2.05, 4.69) is 37.8 Å². The van der Waals surface area contributed by atoms with Crippen LogP contribution in [0.1, 0.15) is 29.5 Å². The zero-order valence-corrected chi connectivity index (χ0v) is 11.9. The molecule has 1 aliphatic heterocycles. The van der Waals surface area contributed by atoms with E-state index in [9.17, 15) is 4.79 Å². The second-order valence-corrected chi connectivity index (χ2v) is 5.38. The van der Waals surface area contributed by atoms with E-state index in [1.54, 1.807) is 0 Å². The van der Waals surface area contributed by atoms with Crippen LogP contribution in [0.4, 0.5) is 5.69 Å². The molecule has 0 atom stereocenters. The smallest absolute Gasteiger partial charge is 0.328 e. The Morgan fingerprint density at radius 1 is 1.16 bits per heavy atom. The van der Waals surface area contributed by atoms with Crippen LogP contribution in [0.3, 0.4) is 0 Å². The van der Waals surface area contributed by atoms with E-state index in [0.717, 1.165) is 31.5 Å². The summed E-state index contributed by atoms with van der Waals surface area (Å²) in [5.41, 5.74) is 6.28. The third-order valence-electron chi connectivity index (χ3n) is 3.68. The van der Waals surface area contributed by atoms with E-state index in [1.165, 1.54) is 28.5 Å². The topological polar surface area (TPSA) is 40.5 Å². The third-order valence-corrected chi connectivity index (χ3v) is 3.68. The lowest BCUT2D eigenvalue weighted by molar-refractivity contribution is -0.131. The fraction of sp³-hybridized carbons (Fsp3) is 0.438. The Morgan fingerprint density at radius 2 is 1.68 bits per heavy atom. The Hall–Kier alpha value is -1.77. The maximum atomic E-state index is 10.7. The van der Waals surface area contributed by atoms with Gasteiger partial charge in [0, 0.05) is 24.9 Å². The van der Waals surface area contributed by atoms with Crippen molar-refractivity contribution in [1.29, 1.82) is 0 Å². The van der Waals surface area contributed by atoms with Gasteiger partial charge in [0.25, 0.3) is 0 Å². The number of hydrogen-bond donors (Lipinski definition) is 1. The third kappa shape index (κ3) is 3.16. The number of nitrogens with zero attached hydrogens (tertiary/aromatic N) is 1. The van der Waals surface area contributed by atoms with Crippen LogP contribution in [0.5, 0.6) is 0 Å². The van der Waals surface area contributed by atoms with Crippen LogP contribution in [0.25, 0.3) is 0 Å². The standard InChI is InChI=1S/C16H21NO2/c1-11-8-12(2)16(13(3)9-11)17-6-4-14(5-7-17)10-15(18)19/h8-10H,4-7H2,1-3H3,(H,18,19). The summed E-state index contributed by atoms with van der Waals surface area (Å²) in [6, 6.07) is 4.43. The van der Waals surface area contributed by atoms with Gasteiger partial charge in [0.05, 0.1) is 0 Å². The molecule has 0 radical (unpaired) electrons. The van der Waals surface area contributed by atoms with Gasteiger partial charge >= 0.3 is 5.97 Å². The lowest BCUT2D eigenvalue weighted by Gasteiger charge is -2.33. The predicted molar refractivity (Wildman–Crippen MR) is 77.8 cm³/mol. The zero-order valence-electron chi connectivity index (χ0n) is 11.9. The summed E-state index contributed by atoms with van der Waals surface area (Å²) in [6.45, 7) is 8.23. The fourth-order valence-electron chi connectivity index (χ4n) is 3.01. The Morgan fingerprint density at radius 3 is 2.16 bits per heavy atom. The Bertz CT molecular complexity index is 499. The molecule has 102 valence electrons. The van der Waals surface area contributed by atoms with Crippen molar-refractivity contribution in [2.75, 3.05) is 18.0 Å². The molecule has 1 fully saturated rings. The molecule has 1 aromatic rings. The fourth-order valence-corrected chi connectivity index (χ4v) is 3.01. The molecule has 0 bridgehead atoms. The first-order chi connectivity index (χ1) is 8.97. The summed E-state index contributed by atoms with van der Waals surface area (Å²) in [5.74, 6) is -0.828. The molecule has 1 heterocycles. The van der Waals surface area contributed by atoms with Crippen LogP contribution in [0, 0.1) is 20.8 Å². The molecular formula is C16H21NO2. The number of carbonyl (C=O) groups is 1. The van der Waals surface area contributed by atoms with Gasteiger partial charge in [-0.05, 0) is 44.7 Å². The highest BCUT2D eigenvalue weighted by Gasteiger charge is 2.18. The highest BCUT2D eigenvalue weighted by Crippen LogP contribution is 2.29. The molecule has 0 amide bonds. The van der Waals surface area contributed by atoms with Gasteiger partial charge in [-0.3, -0.25) is 0 Å². The van der Waals surface area contributed by atoms with Crippen molar-refractivity contribution in [1.82, 2.24) is 0 Å². The molecule has 1 aliphatic rings. The maximum absolute atomic E-state index is 10.7. The minimum atomic E-state index is -0.828. The zero-order chi connectivity index (χ0) is 14.0. The highest BCUT2D eigenvalue weighted by atomic mass is 16.4. The van der Waals surface area contributed by atoms with Crippen molar-refractivity contribution >= 4 is 11.7 Å². The molecule has 1 saturated heterocycles.